The lowest BCUT2D eigenvalue weighted by Crippen LogP contribution is -2.19. The molecule has 0 fully saturated rings. The number of halogens is 2. The minimum atomic E-state index is -0.472. The summed E-state index contributed by atoms with van der Waals surface area (Å²) in [5.41, 5.74) is 1.97. The summed E-state index contributed by atoms with van der Waals surface area (Å²) in [7, 11) is 1.93. The van der Waals surface area contributed by atoms with Crippen molar-refractivity contribution in [2.75, 3.05) is 22.6 Å². The molecule has 0 aliphatic heterocycles. The number of rotatable bonds is 7. The zero-order valence-electron chi connectivity index (χ0n) is 18.6. The molecule has 2 aromatic heterocycles. The minimum Gasteiger partial charge on any atom is -0.355 e. The molecule has 2 heterocycles. The number of amides is 2. The SMILES string of the molecule is CN(Cc1ccc(C(=O)Nc2ccc(Cl)cc2C(=O)Nc2ccc(Cl)cn2)cc1)c1ccncn1. The van der Waals surface area contributed by atoms with Gasteiger partial charge in [0.05, 0.1) is 16.3 Å². The van der Waals surface area contributed by atoms with E-state index >= 15 is 0 Å². The monoisotopic (exact) mass is 506 g/mol. The van der Waals surface area contributed by atoms with Gasteiger partial charge in [0.1, 0.15) is 18.0 Å². The predicted molar refractivity (Wildman–Crippen MR) is 137 cm³/mol. The van der Waals surface area contributed by atoms with Gasteiger partial charge < -0.3 is 15.5 Å². The molecule has 4 aromatic rings. The summed E-state index contributed by atoms with van der Waals surface area (Å²) in [6.07, 6.45) is 4.60. The standard InChI is InChI=1S/C25H20Cl2N6O2/c1-33(23-10-11-28-15-30-23)14-16-2-4-17(5-3-16)24(34)31-21-8-6-18(26)12-20(21)25(35)32-22-9-7-19(27)13-29-22/h2-13,15H,14H2,1H3,(H,31,34)(H,29,32,35). The topological polar surface area (TPSA) is 100 Å². The Kier molecular flexibility index (Phi) is 7.54. The third-order valence-electron chi connectivity index (χ3n) is 5.04. The second-order valence-electron chi connectivity index (χ2n) is 7.58. The average molecular weight is 507 g/mol. The van der Waals surface area contributed by atoms with Crippen LogP contribution in [0.15, 0.2) is 79.4 Å². The van der Waals surface area contributed by atoms with Crippen molar-refractivity contribution in [1.29, 1.82) is 0 Å². The van der Waals surface area contributed by atoms with Crippen molar-refractivity contribution in [2.45, 2.75) is 6.54 Å². The summed E-state index contributed by atoms with van der Waals surface area (Å²) in [5.74, 6) is 0.283. The van der Waals surface area contributed by atoms with E-state index in [-0.39, 0.29) is 11.5 Å². The first kappa shape index (κ1) is 24.1. The molecular weight excluding hydrogens is 487 g/mol. The molecule has 0 bridgehead atoms. The Bertz CT molecular complexity index is 1330. The third kappa shape index (κ3) is 6.32. The van der Waals surface area contributed by atoms with Gasteiger partial charge in [-0.15, -0.1) is 0 Å². The van der Waals surface area contributed by atoms with E-state index in [0.717, 1.165) is 11.4 Å². The molecule has 0 radical (unpaired) electrons. The third-order valence-corrected chi connectivity index (χ3v) is 5.50. The highest BCUT2D eigenvalue weighted by Gasteiger charge is 2.16. The van der Waals surface area contributed by atoms with E-state index in [4.69, 9.17) is 23.2 Å². The molecule has 0 aliphatic rings. The van der Waals surface area contributed by atoms with Gasteiger partial charge in [0, 0.05) is 36.6 Å². The van der Waals surface area contributed by atoms with Crippen LogP contribution in [0.1, 0.15) is 26.3 Å². The second-order valence-corrected chi connectivity index (χ2v) is 8.45. The molecule has 2 amide bonds. The summed E-state index contributed by atoms with van der Waals surface area (Å²) in [6, 6.07) is 16.9. The van der Waals surface area contributed by atoms with Gasteiger partial charge >= 0.3 is 0 Å². The molecule has 2 N–H and O–H groups in total. The normalized spacial score (nSPS) is 10.5. The molecule has 0 saturated heterocycles. The molecule has 0 unspecified atom stereocenters. The first-order chi connectivity index (χ1) is 16.9. The summed E-state index contributed by atoms with van der Waals surface area (Å²) in [4.78, 5) is 39.9. The quantitative estimate of drug-likeness (QED) is 0.351. The maximum Gasteiger partial charge on any atom is 0.258 e. The molecule has 0 spiro atoms. The molecular formula is C25H20Cl2N6O2. The fourth-order valence-electron chi connectivity index (χ4n) is 3.27. The number of carbonyl (C=O) groups is 2. The Morgan fingerprint density at radius 1 is 0.886 bits per heavy atom. The largest absolute Gasteiger partial charge is 0.355 e. The van der Waals surface area contributed by atoms with E-state index in [1.807, 2.05) is 30.1 Å². The van der Waals surface area contributed by atoms with Crippen LogP contribution in [0.2, 0.25) is 10.0 Å². The van der Waals surface area contributed by atoms with E-state index in [9.17, 15) is 9.59 Å². The average Bonchev–Trinajstić information content (AvgIpc) is 2.87. The van der Waals surface area contributed by atoms with Gasteiger partial charge in [0.2, 0.25) is 0 Å². The lowest BCUT2D eigenvalue weighted by molar-refractivity contribution is 0.102. The van der Waals surface area contributed by atoms with Crippen LogP contribution in [0.4, 0.5) is 17.3 Å². The molecule has 2 aromatic carbocycles. The van der Waals surface area contributed by atoms with Crippen LogP contribution in [0, 0.1) is 0 Å². The van der Waals surface area contributed by atoms with Crippen LogP contribution in [0.3, 0.4) is 0 Å². The smallest absolute Gasteiger partial charge is 0.258 e. The molecule has 10 heteroatoms. The van der Waals surface area contributed by atoms with Gasteiger partial charge in [-0.3, -0.25) is 9.59 Å². The van der Waals surface area contributed by atoms with Gasteiger partial charge in [-0.1, -0.05) is 35.3 Å². The second kappa shape index (κ2) is 10.9. The first-order valence-electron chi connectivity index (χ1n) is 10.5. The molecule has 0 aliphatic carbocycles. The minimum absolute atomic E-state index is 0.200. The maximum atomic E-state index is 12.9. The molecule has 8 nitrogen and oxygen atoms in total. The lowest BCUT2D eigenvalue weighted by atomic mass is 10.1. The van der Waals surface area contributed by atoms with Crippen LogP contribution >= 0.6 is 23.2 Å². The van der Waals surface area contributed by atoms with Gasteiger partial charge in [0.15, 0.2) is 0 Å². The van der Waals surface area contributed by atoms with Crippen molar-refractivity contribution < 1.29 is 9.59 Å². The summed E-state index contributed by atoms with van der Waals surface area (Å²) >= 11 is 11.9. The van der Waals surface area contributed by atoms with E-state index in [1.165, 1.54) is 18.6 Å². The van der Waals surface area contributed by atoms with Crippen molar-refractivity contribution in [3.63, 3.8) is 0 Å². The molecule has 0 atom stereocenters. The number of nitrogens with zero attached hydrogens (tertiary/aromatic N) is 4. The summed E-state index contributed by atoms with van der Waals surface area (Å²) < 4.78 is 0. The van der Waals surface area contributed by atoms with E-state index in [1.54, 1.807) is 42.6 Å². The summed E-state index contributed by atoms with van der Waals surface area (Å²) in [6.45, 7) is 0.610. The maximum absolute atomic E-state index is 12.9. The van der Waals surface area contributed by atoms with Crippen molar-refractivity contribution in [3.8, 4) is 0 Å². The zero-order chi connectivity index (χ0) is 24.8. The van der Waals surface area contributed by atoms with Crippen LogP contribution in [-0.2, 0) is 6.54 Å². The summed E-state index contributed by atoms with van der Waals surface area (Å²) in [5, 5.41) is 6.27. The van der Waals surface area contributed by atoms with Crippen LogP contribution < -0.4 is 15.5 Å². The van der Waals surface area contributed by atoms with Gasteiger partial charge in [-0.25, -0.2) is 15.0 Å². The predicted octanol–water partition coefficient (Wildman–Crippen LogP) is 5.32. The molecule has 35 heavy (non-hydrogen) atoms. The number of pyridine rings is 1. The van der Waals surface area contributed by atoms with Crippen molar-refractivity contribution >= 4 is 52.3 Å². The fourth-order valence-corrected chi connectivity index (χ4v) is 3.55. The number of carbonyl (C=O) groups excluding carboxylic acids is 2. The number of nitrogens with one attached hydrogen (secondary N) is 2. The van der Waals surface area contributed by atoms with Crippen LogP contribution in [0.5, 0.6) is 0 Å². The number of benzene rings is 2. The van der Waals surface area contributed by atoms with E-state index < -0.39 is 5.91 Å². The lowest BCUT2D eigenvalue weighted by Gasteiger charge is -2.18. The molecule has 176 valence electrons. The van der Waals surface area contributed by atoms with Crippen LogP contribution in [-0.4, -0.2) is 33.8 Å². The van der Waals surface area contributed by atoms with Crippen molar-refractivity contribution in [3.05, 3.63) is 106 Å². The Morgan fingerprint density at radius 2 is 1.66 bits per heavy atom. The number of anilines is 3. The van der Waals surface area contributed by atoms with E-state index in [2.05, 4.69) is 25.6 Å². The first-order valence-corrected chi connectivity index (χ1v) is 11.2. The fraction of sp³-hybridized carbons (Fsp3) is 0.0800. The highest BCUT2D eigenvalue weighted by molar-refractivity contribution is 6.31. The highest BCUT2D eigenvalue weighted by atomic mass is 35.5. The number of hydrogen-bond donors (Lipinski definition) is 2. The Labute approximate surface area is 212 Å². The highest BCUT2D eigenvalue weighted by Crippen LogP contribution is 2.23. The van der Waals surface area contributed by atoms with Crippen molar-refractivity contribution in [2.24, 2.45) is 0 Å². The number of aromatic nitrogens is 3. The van der Waals surface area contributed by atoms with Crippen molar-refractivity contribution in [1.82, 2.24) is 15.0 Å². The van der Waals surface area contributed by atoms with Gasteiger partial charge in [0.25, 0.3) is 11.8 Å². The molecule has 0 saturated carbocycles. The number of hydrogen-bond acceptors (Lipinski definition) is 6. The molecule has 4 rings (SSSR count). The van der Waals surface area contributed by atoms with E-state index in [0.29, 0.717) is 33.7 Å². The Hall–Kier alpha value is -4.01. The van der Waals surface area contributed by atoms with Gasteiger partial charge in [-0.2, -0.15) is 0 Å². The van der Waals surface area contributed by atoms with Gasteiger partial charge in [-0.05, 0) is 54.1 Å². The Morgan fingerprint density at radius 3 is 2.34 bits per heavy atom. The zero-order valence-corrected chi connectivity index (χ0v) is 20.1. The Balaban J connectivity index is 1.45. The van der Waals surface area contributed by atoms with Crippen LogP contribution in [0.25, 0.3) is 0 Å².